The summed E-state index contributed by atoms with van der Waals surface area (Å²) in [5.74, 6) is -0.251. The van der Waals surface area contributed by atoms with Gasteiger partial charge in [0, 0.05) is 31.9 Å². The Morgan fingerprint density at radius 3 is 2.91 bits per heavy atom. The van der Waals surface area contributed by atoms with Crippen LogP contribution in [0.5, 0.6) is 0 Å². The molecule has 0 aliphatic carbocycles. The first-order valence-corrected chi connectivity index (χ1v) is 7.99. The predicted octanol–water partition coefficient (Wildman–Crippen LogP) is 2.21. The van der Waals surface area contributed by atoms with Crippen LogP contribution < -0.4 is 10.2 Å². The van der Waals surface area contributed by atoms with Gasteiger partial charge in [-0.3, -0.25) is 0 Å². The molecule has 2 rings (SSSR count). The third kappa shape index (κ3) is 5.39. The Morgan fingerprint density at radius 2 is 2.26 bits per heavy atom. The van der Waals surface area contributed by atoms with E-state index in [1.54, 1.807) is 27.0 Å². The van der Waals surface area contributed by atoms with Crippen molar-refractivity contribution in [3.05, 3.63) is 30.1 Å². The molecule has 5 nitrogen and oxygen atoms in total. The Bertz CT molecular complexity index is 545. The van der Waals surface area contributed by atoms with Crippen LogP contribution in [0.3, 0.4) is 0 Å². The molecule has 23 heavy (non-hydrogen) atoms. The lowest BCUT2D eigenvalue weighted by molar-refractivity contribution is 0.0527. The van der Waals surface area contributed by atoms with Gasteiger partial charge in [-0.15, -0.1) is 0 Å². The first kappa shape index (κ1) is 17.5. The van der Waals surface area contributed by atoms with Crippen molar-refractivity contribution in [2.45, 2.75) is 38.3 Å². The van der Waals surface area contributed by atoms with E-state index in [-0.39, 0.29) is 24.4 Å². The number of nitrogens with one attached hydrogen (secondary N) is 1. The normalized spacial score (nSPS) is 18.7. The molecule has 0 saturated carbocycles. The number of amides is 2. The van der Waals surface area contributed by atoms with Gasteiger partial charge in [0.15, 0.2) is 0 Å². The monoisotopic (exact) mass is 323 g/mol. The lowest BCUT2D eigenvalue weighted by atomic mass is 10.0. The van der Waals surface area contributed by atoms with Crippen molar-refractivity contribution in [2.75, 3.05) is 31.6 Å². The van der Waals surface area contributed by atoms with Crippen LogP contribution >= 0.6 is 0 Å². The fourth-order valence-electron chi connectivity index (χ4n) is 2.94. The Morgan fingerprint density at radius 1 is 1.52 bits per heavy atom. The van der Waals surface area contributed by atoms with E-state index in [9.17, 15) is 14.3 Å². The summed E-state index contributed by atoms with van der Waals surface area (Å²) in [6.07, 6.45) is 1.84. The number of benzene rings is 1. The molecule has 0 radical (unpaired) electrons. The summed E-state index contributed by atoms with van der Waals surface area (Å²) < 4.78 is 13.4. The quantitative estimate of drug-likeness (QED) is 0.893. The fraction of sp³-hybridized carbons (Fsp3) is 0.588. The number of urea groups is 1. The van der Waals surface area contributed by atoms with E-state index in [1.807, 2.05) is 6.07 Å². The van der Waals surface area contributed by atoms with Crippen LogP contribution in [-0.2, 0) is 0 Å². The van der Waals surface area contributed by atoms with E-state index >= 15 is 0 Å². The molecule has 0 bridgehead atoms. The van der Waals surface area contributed by atoms with Crippen LogP contribution in [0.25, 0.3) is 0 Å². The summed E-state index contributed by atoms with van der Waals surface area (Å²) in [4.78, 5) is 15.8. The van der Waals surface area contributed by atoms with Crippen molar-refractivity contribution in [1.82, 2.24) is 10.2 Å². The topological polar surface area (TPSA) is 55.8 Å². The van der Waals surface area contributed by atoms with E-state index in [2.05, 4.69) is 10.2 Å². The molecule has 0 spiro atoms. The van der Waals surface area contributed by atoms with Gasteiger partial charge >= 0.3 is 6.03 Å². The van der Waals surface area contributed by atoms with Gasteiger partial charge < -0.3 is 20.2 Å². The van der Waals surface area contributed by atoms with E-state index in [4.69, 9.17) is 0 Å². The number of likely N-dealkylation sites (N-methyl/N-ethyl adjacent to an activating group) is 1. The van der Waals surface area contributed by atoms with Gasteiger partial charge in [-0.25, -0.2) is 9.18 Å². The standard InChI is InChI=1S/C17H26FN3O2/c1-17(2,23)12-20(3)16(22)19-14-7-5-9-21(11-14)15-8-4-6-13(18)10-15/h4,6,8,10,14,23H,5,7,9,11-12H2,1-3H3,(H,19,22). The minimum absolute atomic E-state index is 0.0174. The maximum Gasteiger partial charge on any atom is 0.317 e. The summed E-state index contributed by atoms with van der Waals surface area (Å²) in [5, 5.41) is 12.8. The molecular formula is C17H26FN3O2. The highest BCUT2D eigenvalue weighted by molar-refractivity contribution is 5.74. The van der Waals surface area contributed by atoms with Crippen LogP contribution in [0.2, 0.25) is 0 Å². The van der Waals surface area contributed by atoms with Crippen molar-refractivity contribution < 1.29 is 14.3 Å². The van der Waals surface area contributed by atoms with Gasteiger partial charge in [-0.1, -0.05) is 6.07 Å². The van der Waals surface area contributed by atoms with Crippen LogP contribution in [0.15, 0.2) is 24.3 Å². The van der Waals surface area contributed by atoms with Crippen molar-refractivity contribution in [1.29, 1.82) is 0 Å². The predicted molar refractivity (Wildman–Crippen MR) is 89.1 cm³/mol. The van der Waals surface area contributed by atoms with Gasteiger partial charge in [0.25, 0.3) is 0 Å². The lowest BCUT2D eigenvalue weighted by Crippen LogP contribution is -2.52. The van der Waals surface area contributed by atoms with Gasteiger partial charge in [0.05, 0.1) is 12.1 Å². The molecule has 1 heterocycles. The molecule has 128 valence electrons. The van der Waals surface area contributed by atoms with Crippen molar-refractivity contribution >= 4 is 11.7 Å². The Balaban J connectivity index is 1.92. The number of carbonyl (C=O) groups is 1. The first-order chi connectivity index (χ1) is 10.7. The number of piperidine rings is 1. The van der Waals surface area contributed by atoms with Gasteiger partial charge in [-0.2, -0.15) is 0 Å². The highest BCUT2D eigenvalue weighted by atomic mass is 19.1. The Hall–Kier alpha value is -1.82. The highest BCUT2D eigenvalue weighted by Crippen LogP contribution is 2.20. The number of nitrogens with zero attached hydrogens (tertiary/aromatic N) is 2. The van der Waals surface area contributed by atoms with Crippen molar-refractivity contribution in [3.63, 3.8) is 0 Å². The van der Waals surface area contributed by atoms with Gasteiger partial charge in [0.1, 0.15) is 5.82 Å². The van der Waals surface area contributed by atoms with Crippen LogP contribution in [0.1, 0.15) is 26.7 Å². The second-order valence-corrected chi connectivity index (χ2v) is 6.88. The molecule has 6 heteroatoms. The highest BCUT2D eigenvalue weighted by Gasteiger charge is 2.25. The van der Waals surface area contributed by atoms with Crippen molar-refractivity contribution in [2.24, 2.45) is 0 Å². The molecular weight excluding hydrogens is 297 g/mol. The second-order valence-electron chi connectivity index (χ2n) is 6.88. The number of hydrogen-bond acceptors (Lipinski definition) is 3. The third-order valence-corrected chi connectivity index (χ3v) is 3.89. The average Bonchev–Trinajstić information content (AvgIpc) is 2.45. The number of hydrogen-bond donors (Lipinski definition) is 2. The fourth-order valence-corrected chi connectivity index (χ4v) is 2.94. The zero-order chi connectivity index (χ0) is 17.0. The minimum Gasteiger partial charge on any atom is -0.389 e. The molecule has 0 aromatic heterocycles. The number of carbonyl (C=O) groups excluding carboxylic acids is 1. The zero-order valence-electron chi connectivity index (χ0n) is 14.1. The first-order valence-electron chi connectivity index (χ1n) is 7.99. The summed E-state index contributed by atoms with van der Waals surface area (Å²) in [6.45, 7) is 5.12. The molecule has 1 aliphatic rings. The van der Waals surface area contributed by atoms with E-state index in [0.717, 1.165) is 25.1 Å². The van der Waals surface area contributed by atoms with E-state index in [0.29, 0.717) is 6.54 Å². The molecule has 1 fully saturated rings. The second kappa shape index (κ2) is 7.17. The Kier molecular flexibility index (Phi) is 5.46. The smallest absolute Gasteiger partial charge is 0.317 e. The number of halogens is 1. The van der Waals surface area contributed by atoms with Gasteiger partial charge in [0.2, 0.25) is 0 Å². The van der Waals surface area contributed by atoms with E-state index in [1.165, 1.54) is 17.0 Å². The zero-order valence-corrected chi connectivity index (χ0v) is 14.1. The third-order valence-electron chi connectivity index (χ3n) is 3.89. The summed E-state index contributed by atoms with van der Waals surface area (Å²) in [6, 6.07) is 6.35. The molecule has 1 aliphatic heterocycles. The Labute approximate surface area is 137 Å². The average molecular weight is 323 g/mol. The lowest BCUT2D eigenvalue weighted by Gasteiger charge is -2.36. The maximum absolute atomic E-state index is 13.4. The van der Waals surface area contributed by atoms with Crippen LogP contribution in [0.4, 0.5) is 14.9 Å². The summed E-state index contributed by atoms with van der Waals surface area (Å²) in [5.41, 5.74) is -0.0829. The van der Waals surface area contributed by atoms with E-state index < -0.39 is 5.60 Å². The van der Waals surface area contributed by atoms with Crippen LogP contribution in [0, 0.1) is 5.82 Å². The van der Waals surface area contributed by atoms with Gasteiger partial charge in [-0.05, 0) is 44.9 Å². The molecule has 2 N–H and O–H groups in total. The number of aliphatic hydroxyl groups is 1. The molecule has 1 saturated heterocycles. The van der Waals surface area contributed by atoms with Crippen molar-refractivity contribution in [3.8, 4) is 0 Å². The number of rotatable bonds is 4. The molecule has 1 atom stereocenters. The molecule has 1 unspecified atom stereocenters. The molecule has 1 aromatic carbocycles. The molecule has 2 amide bonds. The maximum atomic E-state index is 13.4. The number of anilines is 1. The summed E-state index contributed by atoms with van der Waals surface area (Å²) >= 11 is 0. The largest absolute Gasteiger partial charge is 0.389 e. The minimum atomic E-state index is -0.924. The molecule has 1 aromatic rings. The van der Waals surface area contributed by atoms with Crippen LogP contribution in [-0.4, -0.2) is 54.4 Å². The SMILES string of the molecule is CN(CC(C)(C)O)C(=O)NC1CCCN(c2cccc(F)c2)C1. The summed E-state index contributed by atoms with van der Waals surface area (Å²) in [7, 11) is 1.67.